The van der Waals surface area contributed by atoms with E-state index in [0.29, 0.717) is 6.04 Å². The van der Waals surface area contributed by atoms with Crippen LogP contribution in [0.5, 0.6) is 0 Å². The maximum absolute atomic E-state index is 11.3. The van der Waals surface area contributed by atoms with Gasteiger partial charge in [-0.2, -0.15) is 0 Å². The van der Waals surface area contributed by atoms with Crippen LogP contribution in [0, 0.1) is 5.92 Å². The van der Waals surface area contributed by atoms with Crippen LogP contribution in [0.15, 0.2) is 0 Å². The van der Waals surface area contributed by atoms with Crippen LogP contribution in [0.2, 0.25) is 0 Å². The zero-order valence-electron chi connectivity index (χ0n) is 7.79. The predicted molar refractivity (Wildman–Crippen MR) is 46.3 cm³/mol. The highest BCUT2D eigenvalue weighted by Gasteiger charge is 2.40. The van der Waals surface area contributed by atoms with Gasteiger partial charge >= 0.3 is 5.97 Å². The van der Waals surface area contributed by atoms with Gasteiger partial charge in [-0.15, -0.1) is 0 Å². The fraction of sp³-hybridized carbons (Fsp3) is 0.889. The smallest absolute Gasteiger partial charge is 0.308 e. The predicted octanol–water partition coefficient (Wildman–Crippen LogP) is -0.0736. The number of ether oxygens (including phenoxy) is 2. The number of fused-ring (bicyclic) bond motifs is 1. The second-order valence-electron chi connectivity index (χ2n) is 3.66. The summed E-state index contributed by atoms with van der Waals surface area (Å²) in [5, 5.41) is 3.36. The monoisotopic (exact) mass is 185 g/mol. The van der Waals surface area contributed by atoms with Gasteiger partial charge in [0.2, 0.25) is 0 Å². The van der Waals surface area contributed by atoms with Gasteiger partial charge in [0.25, 0.3) is 0 Å². The lowest BCUT2D eigenvalue weighted by Gasteiger charge is -2.26. The van der Waals surface area contributed by atoms with E-state index in [1.807, 2.05) is 0 Å². The van der Waals surface area contributed by atoms with Crippen LogP contribution in [0.4, 0.5) is 0 Å². The van der Waals surface area contributed by atoms with Gasteiger partial charge in [-0.25, -0.2) is 0 Å². The topological polar surface area (TPSA) is 47.6 Å². The minimum atomic E-state index is -0.0974. The number of rotatable bonds is 1. The first-order valence-electron chi connectivity index (χ1n) is 4.74. The minimum Gasteiger partial charge on any atom is -0.469 e. The molecule has 3 unspecified atom stereocenters. The van der Waals surface area contributed by atoms with Crippen LogP contribution >= 0.6 is 0 Å². The molecule has 13 heavy (non-hydrogen) atoms. The zero-order valence-corrected chi connectivity index (χ0v) is 7.79. The van der Waals surface area contributed by atoms with Gasteiger partial charge in [0.15, 0.2) is 0 Å². The van der Waals surface area contributed by atoms with E-state index in [0.717, 1.165) is 26.0 Å². The zero-order chi connectivity index (χ0) is 9.26. The number of methoxy groups -OCH3 is 1. The molecule has 0 bridgehead atoms. The lowest BCUT2D eigenvalue weighted by atomic mass is 10.1. The van der Waals surface area contributed by atoms with E-state index in [1.165, 1.54) is 7.11 Å². The van der Waals surface area contributed by atoms with Gasteiger partial charge < -0.3 is 14.8 Å². The van der Waals surface area contributed by atoms with Crippen molar-refractivity contribution in [2.75, 3.05) is 20.3 Å². The van der Waals surface area contributed by atoms with Crippen molar-refractivity contribution in [1.29, 1.82) is 0 Å². The minimum absolute atomic E-state index is 0.0330. The highest BCUT2D eigenvalue weighted by molar-refractivity contribution is 5.72. The summed E-state index contributed by atoms with van der Waals surface area (Å²) in [5.74, 6) is -0.0644. The lowest BCUT2D eigenvalue weighted by Crippen LogP contribution is -2.44. The number of morpholine rings is 1. The average molecular weight is 185 g/mol. The number of hydrogen-bond acceptors (Lipinski definition) is 4. The molecule has 0 amide bonds. The van der Waals surface area contributed by atoms with Crippen molar-refractivity contribution >= 4 is 5.97 Å². The van der Waals surface area contributed by atoms with Crippen molar-refractivity contribution in [3.05, 3.63) is 0 Å². The molecule has 0 radical (unpaired) electrons. The third kappa shape index (κ3) is 1.69. The summed E-state index contributed by atoms with van der Waals surface area (Å²) >= 11 is 0. The lowest BCUT2D eigenvalue weighted by molar-refractivity contribution is -0.145. The summed E-state index contributed by atoms with van der Waals surface area (Å²) in [7, 11) is 1.44. The van der Waals surface area contributed by atoms with Crippen LogP contribution in [0.25, 0.3) is 0 Å². The molecule has 2 fully saturated rings. The average Bonchev–Trinajstić information content (AvgIpc) is 2.59. The van der Waals surface area contributed by atoms with E-state index in [-0.39, 0.29) is 18.0 Å². The molecule has 0 aromatic rings. The molecule has 0 aromatic heterocycles. The van der Waals surface area contributed by atoms with Gasteiger partial charge in [-0.05, 0) is 12.8 Å². The van der Waals surface area contributed by atoms with Gasteiger partial charge in [-0.1, -0.05) is 0 Å². The van der Waals surface area contributed by atoms with Gasteiger partial charge in [0, 0.05) is 12.6 Å². The highest BCUT2D eigenvalue weighted by Crippen LogP contribution is 2.30. The molecule has 1 aliphatic carbocycles. The Hall–Kier alpha value is -0.610. The quantitative estimate of drug-likeness (QED) is 0.581. The van der Waals surface area contributed by atoms with Crippen LogP contribution in [0.3, 0.4) is 0 Å². The molecule has 3 atom stereocenters. The second kappa shape index (κ2) is 3.64. The molecule has 0 spiro atoms. The molecule has 0 aromatic carbocycles. The Kier molecular flexibility index (Phi) is 2.51. The molecule has 74 valence electrons. The van der Waals surface area contributed by atoms with E-state index < -0.39 is 0 Å². The van der Waals surface area contributed by atoms with Crippen molar-refractivity contribution in [3.63, 3.8) is 0 Å². The Morgan fingerprint density at radius 3 is 3.08 bits per heavy atom. The second-order valence-corrected chi connectivity index (χ2v) is 3.66. The molecule has 1 saturated carbocycles. The van der Waals surface area contributed by atoms with Gasteiger partial charge in [0.05, 0.1) is 25.7 Å². The standard InChI is InChI=1S/C9H15NO3/c1-12-9(11)6-4-7-8(5-6)13-3-2-10-7/h6-8,10H,2-5H2,1H3. The van der Waals surface area contributed by atoms with E-state index in [1.54, 1.807) is 0 Å². The molecule has 1 aliphatic heterocycles. The molecule has 1 saturated heterocycles. The maximum atomic E-state index is 11.3. The summed E-state index contributed by atoms with van der Waals surface area (Å²) in [6, 6.07) is 0.359. The molecule has 2 rings (SSSR count). The Labute approximate surface area is 77.6 Å². The van der Waals surface area contributed by atoms with E-state index in [9.17, 15) is 4.79 Å². The first kappa shape index (κ1) is 8.97. The van der Waals surface area contributed by atoms with Crippen LogP contribution < -0.4 is 5.32 Å². The number of esters is 1. The first-order valence-corrected chi connectivity index (χ1v) is 4.74. The Balaban J connectivity index is 1.94. The molecule has 1 heterocycles. The summed E-state index contributed by atoms with van der Waals surface area (Å²) in [6.07, 6.45) is 1.89. The third-order valence-electron chi connectivity index (χ3n) is 2.88. The fourth-order valence-corrected chi connectivity index (χ4v) is 2.21. The molecular formula is C9H15NO3. The molecular weight excluding hydrogens is 170 g/mol. The largest absolute Gasteiger partial charge is 0.469 e. The van der Waals surface area contributed by atoms with Crippen molar-refractivity contribution in [2.24, 2.45) is 5.92 Å². The number of carbonyl (C=O) groups is 1. The van der Waals surface area contributed by atoms with E-state index in [4.69, 9.17) is 9.47 Å². The van der Waals surface area contributed by atoms with Crippen LogP contribution in [0.1, 0.15) is 12.8 Å². The Morgan fingerprint density at radius 1 is 1.54 bits per heavy atom. The molecule has 1 N–H and O–H groups in total. The Bertz CT molecular complexity index is 193. The van der Waals surface area contributed by atoms with Crippen molar-refractivity contribution < 1.29 is 14.3 Å². The summed E-state index contributed by atoms with van der Waals surface area (Å²) in [6.45, 7) is 1.66. The van der Waals surface area contributed by atoms with Crippen molar-refractivity contribution in [2.45, 2.75) is 25.0 Å². The van der Waals surface area contributed by atoms with Crippen LogP contribution in [-0.2, 0) is 14.3 Å². The molecule has 4 nitrogen and oxygen atoms in total. The number of hydrogen-bond donors (Lipinski definition) is 1. The highest BCUT2D eigenvalue weighted by atomic mass is 16.5. The number of nitrogens with one attached hydrogen (secondary N) is 1. The maximum Gasteiger partial charge on any atom is 0.308 e. The Morgan fingerprint density at radius 2 is 2.38 bits per heavy atom. The number of carbonyl (C=O) groups excluding carboxylic acids is 1. The summed E-state index contributed by atoms with van der Waals surface area (Å²) in [4.78, 5) is 11.3. The normalized spacial score (nSPS) is 38.4. The summed E-state index contributed by atoms with van der Waals surface area (Å²) in [5.41, 5.74) is 0. The molecule has 2 aliphatic rings. The van der Waals surface area contributed by atoms with E-state index in [2.05, 4.69) is 5.32 Å². The van der Waals surface area contributed by atoms with Gasteiger partial charge in [-0.3, -0.25) is 4.79 Å². The fourth-order valence-electron chi connectivity index (χ4n) is 2.21. The first-order chi connectivity index (χ1) is 6.31. The van der Waals surface area contributed by atoms with E-state index >= 15 is 0 Å². The van der Waals surface area contributed by atoms with Crippen molar-refractivity contribution in [3.8, 4) is 0 Å². The molecule has 4 heteroatoms. The third-order valence-corrected chi connectivity index (χ3v) is 2.88. The van der Waals surface area contributed by atoms with Crippen molar-refractivity contribution in [1.82, 2.24) is 5.32 Å². The van der Waals surface area contributed by atoms with Gasteiger partial charge in [0.1, 0.15) is 0 Å². The van der Waals surface area contributed by atoms with Crippen LogP contribution in [-0.4, -0.2) is 38.4 Å². The SMILES string of the molecule is COC(=O)C1CC2NCCOC2C1. The summed E-state index contributed by atoms with van der Waals surface area (Å²) < 4.78 is 10.3.